The first-order chi connectivity index (χ1) is 13.2. The molecule has 0 saturated heterocycles. The number of hydrogen-bond donors (Lipinski definition) is 2. The summed E-state index contributed by atoms with van der Waals surface area (Å²) in [5, 5.41) is 21.2. The molecule has 0 aliphatic rings. The number of fused-ring (bicyclic) bond motifs is 2. The molecule has 0 amide bonds. The van der Waals surface area contributed by atoms with E-state index in [2.05, 4.69) is 0 Å². The van der Waals surface area contributed by atoms with E-state index in [0.717, 1.165) is 5.57 Å². The topological polar surface area (TPSA) is 102 Å². The van der Waals surface area contributed by atoms with Crippen molar-refractivity contribution in [2.45, 2.75) is 39.4 Å². The average Bonchev–Trinajstić information content (AvgIpc) is 3.08. The van der Waals surface area contributed by atoms with Crippen LogP contribution in [0.3, 0.4) is 0 Å². The third kappa shape index (κ3) is 4.05. The number of rotatable bonds is 7. The van der Waals surface area contributed by atoms with E-state index in [1.807, 2.05) is 19.9 Å². The maximum Gasteiger partial charge on any atom is 0.336 e. The minimum atomic E-state index is -1.35. The SMILES string of the molecule is CC(C)=CCOc1c2ccoc2c(OCC(O)C(C)(C)O)c2oc(=O)ccc12. The highest BCUT2D eigenvalue weighted by molar-refractivity contribution is 6.06. The number of aliphatic hydroxyl groups is 2. The highest BCUT2D eigenvalue weighted by atomic mass is 16.5. The molecule has 0 spiro atoms. The zero-order chi connectivity index (χ0) is 20.5. The van der Waals surface area contributed by atoms with Gasteiger partial charge in [0.05, 0.1) is 22.6 Å². The molecule has 0 aliphatic carbocycles. The van der Waals surface area contributed by atoms with Crippen LogP contribution in [0.4, 0.5) is 0 Å². The summed E-state index contributed by atoms with van der Waals surface area (Å²) < 4.78 is 22.6. The summed E-state index contributed by atoms with van der Waals surface area (Å²) in [5.41, 5.74) is -0.310. The van der Waals surface area contributed by atoms with E-state index in [4.69, 9.17) is 18.3 Å². The van der Waals surface area contributed by atoms with E-state index >= 15 is 0 Å². The molecule has 3 aromatic rings. The third-order valence-corrected chi connectivity index (χ3v) is 4.32. The molecule has 0 bridgehead atoms. The summed E-state index contributed by atoms with van der Waals surface area (Å²) in [6.07, 6.45) is 2.26. The van der Waals surface area contributed by atoms with Crippen LogP contribution in [0, 0.1) is 0 Å². The Bertz CT molecular complexity index is 1060. The molecule has 7 nitrogen and oxygen atoms in total. The molecule has 0 saturated carbocycles. The van der Waals surface area contributed by atoms with Gasteiger partial charge in [-0.25, -0.2) is 4.79 Å². The van der Waals surface area contributed by atoms with Crippen molar-refractivity contribution in [3.8, 4) is 11.5 Å². The molecule has 3 rings (SSSR count). The minimum Gasteiger partial charge on any atom is -0.488 e. The molecule has 0 radical (unpaired) electrons. The Kier molecular flexibility index (Phi) is 5.49. The van der Waals surface area contributed by atoms with Gasteiger partial charge in [0, 0.05) is 6.07 Å². The Morgan fingerprint density at radius 1 is 1.14 bits per heavy atom. The van der Waals surface area contributed by atoms with E-state index in [1.165, 1.54) is 26.2 Å². The lowest BCUT2D eigenvalue weighted by Gasteiger charge is -2.24. The smallest absolute Gasteiger partial charge is 0.336 e. The highest BCUT2D eigenvalue weighted by Crippen LogP contribution is 2.43. The highest BCUT2D eigenvalue weighted by Gasteiger charge is 2.27. The summed E-state index contributed by atoms with van der Waals surface area (Å²) in [7, 11) is 0. The minimum absolute atomic E-state index is 0.157. The number of aliphatic hydroxyl groups excluding tert-OH is 1. The molecule has 0 aliphatic heterocycles. The molecule has 1 atom stereocenters. The van der Waals surface area contributed by atoms with Gasteiger partial charge in [0.15, 0.2) is 11.2 Å². The number of allylic oxidation sites excluding steroid dienone is 1. The summed E-state index contributed by atoms with van der Waals surface area (Å²) in [4.78, 5) is 11.8. The van der Waals surface area contributed by atoms with Crippen LogP contribution in [0.2, 0.25) is 0 Å². The van der Waals surface area contributed by atoms with Crippen molar-refractivity contribution in [3.63, 3.8) is 0 Å². The third-order valence-electron chi connectivity index (χ3n) is 4.32. The molecular formula is C21H24O7. The average molecular weight is 388 g/mol. The van der Waals surface area contributed by atoms with Crippen molar-refractivity contribution in [1.82, 2.24) is 0 Å². The fourth-order valence-electron chi connectivity index (χ4n) is 2.62. The standard InChI is InChI=1S/C21H24O7/c1-12(2)7-9-25-17-13-5-6-16(23)28-19(13)20(18-14(17)8-10-26-18)27-11-15(22)21(3,4)24/h5-8,10,15,22,24H,9,11H2,1-4H3. The quantitative estimate of drug-likeness (QED) is 0.472. The van der Waals surface area contributed by atoms with Gasteiger partial charge in [-0.15, -0.1) is 0 Å². The van der Waals surface area contributed by atoms with Crippen LogP contribution in [0.15, 0.2) is 49.7 Å². The van der Waals surface area contributed by atoms with Crippen LogP contribution in [-0.2, 0) is 0 Å². The van der Waals surface area contributed by atoms with Crippen molar-refractivity contribution in [2.24, 2.45) is 0 Å². The lowest BCUT2D eigenvalue weighted by Crippen LogP contribution is -2.40. The van der Waals surface area contributed by atoms with Gasteiger partial charge in [0.1, 0.15) is 25.1 Å². The Labute approximate surface area is 161 Å². The van der Waals surface area contributed by atoms with Gasteiger partial charge >= 0.3 is 5.63 Å². The first-order valence-corrected chi connectivity index (χ1v) is 8.95. The van der Waals surface area contributed by atoms with Gasteiger partial charge < -0.3 is 28.5 Å². The molecule has 1 aromatic carbocycles. The summed E-state index contributed by atoms with van der Waals surface area (Å²) >= 11 is 0. The second-order valence-electron chi connectivity index (χ2n) is 7.39. The van der Waals surface area contributed by atoms with Crippen LogP contribution < -0.4 is 15.1 Å². The van der Waals surface area contributed by atoms with Crippen LogP contribution in [0.1, 0.15) is 27.7 Å². The fourth-order valence-corrected chi connectivity index (χ4v) is 2.62. The van der Waals surface area contributed by atoms with Gasteiger partial charge in [-0.2, -0.15) is 0 Å². The number of benzene rings is 1. The molecule has 28 heavy (non-hydrogen) atoms. The maximum atomic E-state index is 11.8. The van der Waals surface area contributed by atoms with E-state index in [1.54, 1.807) is 12.1 Å². The van der Waals surface area contributed by atoms with E-state index in [9.17, 15) is 15.0 Å². The zero-order valence-corrected chi connectivity index (χ0v) is 16.3. The fraction of sp³-hybridized carbons (Fsp3) is 0.381. The van der Waals surface area contributed by atoms with Crippen molar-refractivity contribution in [1.29, 1.82) is 0 Å². The second-order valence-corrected chi connectivity index (χ2v) is 7.39. The zero-order valence-electron chi connectivity index (χ0n) is 16.3. The van der Waals surface area contributed by atoms with Crippen molar-refractivity contribution in [3.05, 3.63) is 46.5 Å². The van der Waals surface area contributed by atoms with E-state index < -0.39 is 17.3 Å². The van der Waals surface area contributed by atoms with Crippen LogP contribution in [-0.4, -0.2) is 35.1 Å². The molecule has 150 valence electrons. The van der Waals surface area contributed by atoms with Crippen molar-refractivity contribution >= 4 is 21.9 Å². The van der Waals surface area contributed by atoms with Gasteiger partial charge in [-0.1, -0.05) is 5.57 Å². The van der Waals surface area contributed by atoms with Crippen molar-refractivity contribution in [2.75, 3.05) is 13.2 Å². The van der Waals surface area contributed by atoms with Crippen molar-refractivity contribution < 1.29 is 28.5 Å². The van der Waals surface area contributed by atoms with E-state index in [-0.39, 0.29) is 17.9 Å². The summed E-state index contributed by atoms with van der Waals surface area (Å²) in [6.45, 7) is 7.01. The van der Waals surface area contributed by atoms with E-state index in [0.29, 0.717) is 28.7 Å². The molecule has 2 N–H and O–H groups in total. The summed E-state index contributed by atoms with van der Waals surface area (Å²) in [6, 6.07) is 4.64. The van der Waals surface area contributed by atoms with Crippen LogP contribution in [0.25, 0.3) is 21.9 Å². The second kappa shape index (κ2) is 7.69. The van der Waals surface area contributed by atoms with Gasteiger partial charge in [0.25, 0.3) is 0 Å². The molecule has 2 aromatic heterocycles. The number of furan rings is 1. The van der Waals surface area contributed by atoms with Crippen LogP contribution in [0.5, 0.6) is 11.5 Å². The molecule has 7 heteroatoms. The lowest BCUT2D eigenvalue weighted by molar-refractivity contribution is -0.0660. The Balaban J connectivity index is 2.13. The predicted octanol–water partition coefficient (Wildman–Crippen LogP) is 3.39. The first-order valence-electron chi connectivity index (χ1n) is 8.95. The molecule has 0 fully saturated rings. The molecular weight excluding hydrogens is 364 g/mol. The molecule has 1 unspecified atom stereocenters. The lowest BCUT2D eigenvalue weighted by atomic mass is 10.0. The number of hydrogen-bond acceptors (Lipinski definition) is 7. The molecule has 2 heterocycles. The summed E-state index contributed by atoms with van der Waals surface area (Å²) in [5.74, 6) is 0.681. The Hall–Kier alpha value is -2.77. The number of ether oxygens (including phenoxy) is 2. The maximum absolute atomic E-state index is 11.8. The van der Waals surface area contributed by atoms with Gasteiger partial charge in [-0.05, 0) is 45.9 Å². The Morgan fingerprint density at radius 2 is 1.86 bits per heavy atom. The normalized spacial score (nSPS) is 12.9. The van der Waals surface area contributed by atoms with Gasteiger partial charge in [-0.3, -0.25) is 0 Å². The Morgan fingerprint density at radius 3 is 2.54 bits per heavy atom. The predicted molar refractivity (Wildman–Crippen MR) is 105 cm³/mol. The monoisotopic (exact) mass is 388 g/mol. The van der Waals surface area contributed by atoms with Crippen LogP contribution >= 0.6 is 0 Å². The van der Waals surface area contributed by atoms with Gasteiger partial charge in [0.2, 0.25) is 5.75 Å². The first kappa shape index (κ1) is 20.0. The largest absolute Gasteiger partial charge is 0.488 e.